The third-order valence-electron chi connectivity index (χ3n) is 4.84. The summed E-state index contributed by atoms with van der Waals surface area (Å²) in [7, 11) is -3.62. The molecule has 0 amide bonds. The van der Waals surface area contributed by atoms with Gasteiger partial charge >= 0.3 is 0 Å². The van der Waals surface area contributed by atoms with Crippen LogP contribution in [0.5, 0.6) is 5.75 Å². The molecular weight excluding hydrogens is 350 g/mol. The summed E-state index contributed by atoms with van der Waals surface area (Å²) >= 11 is 0. The van der Waals surface area contributed by atoms with Gasteiger partial charge in [-0.1, -0.05) is 24.3 Å². The van der Waals surface area contributed by atoms with Gasteiger partial charge in [0.2, 0.25) is 15.7 Å². The Kier molecular flexibility index (Phi) is 3.21. The Labute approximate surface area is 151 Å². The molecule has 0 fully saturated rings. The molecule has 3 aromatic rings. The van der Waals surface area contributed by atoms with Crippen molar-refractivity contribution in [2.45, 2.75) is 29.6 Å². The predicted octanol–water partition coefficient (Wildman–Crippen LogP) is 4.53. The average Bonchev–Trinajstić information content (AvgIpc) is 3.05. The van der Waals surface area contributed by atoms with Gasteiger partial charge in [-0.05, 0) is 43.5 Å². The fraction of sp³-hybridized carbons (Fsp3) is 0.200. The molecule has 5 nitrogen and oxygen atoms in total. The van der Waals surface area contributed by atoms with Crippen LogP contribution in [0.25, 0.3) is 0 Å². The minimum atomic E-state index is -3.62. The third-order valence-corrected chi connectivity index (χ3v) is 6.64. The molecule has 2 aromatic carbocycles. The highest BCUT2D eigenvalue weighted by Gasteiger charge is 2.39. The molecule has 26 heavy (non-hydrogen) atoms. The van der Waals surface area contributed by atoms with Crippen LogP contribution >= 0.6 is 0 Å². The Morgan fingerprint density at radius 1 is 1.00 bits per heavy atom. The minimum Gasteiger partial charge on any atom is -0.491 e. The molecule has 132 valence electrons. The van der Waals surface area contributed by atoms with Crippen LogP contribution in [0.15, 0.2) is 62.7 Å². The summed E-state index contributed by atoms with van der Waals surface area (Å²) in [6, 6.07) is 14.6. The maximum absolute atomic E-state index is 13.1. The Hall–Kier alpha value is -2.73. The molecule has 6 heteroatoms. The molecule has 0 aliphatic carbocycles. The number of furan rings is 1. The Morgan fingerprint density at radius 2 is 1.81 bits per heavy atom. The summed E-state index contributed by atoms with van der Waals surface area (Å²) in [5.74, 6) is 1.68. The molecule has 1 aromatic heterocycles. The van der Waals surface area contributed by atoms with E-state index in [1.54, 1.807) is 31.2 Å². The van der Waals surface area contributed by atoms with E-state index in [4.69, 9.17) is 9.15 Å². The first-order valence-electron chi connectivity index (χ1n) is 8.57. The van der Waals surface area contributed by atoms with E-state index >= 15 is 0 Å². The second-order valence-corrected chi connectivity index (χ2v) is 8.44. The summed E-state index contributed by atoms with van der Waals surface area (Å²) < 4.78 is 37.9. The molecule has 2 aliphatic heterocycles. The zero-order valence-electron chi connectivity index (χ0n) is 14.2. The topological polar surface area (TPSA) is 59.8 Å². The fourth-order valence-corrected chi connectivity index (χ4v) is 5.32. The highest BCUT2D eigenvalue weighted by molar-refractivity contribution is 7.92. The number of nitrogens with zero attached hydrogens (tertiary/aromatic N) is 1. The number of aryl methyl sites for hydroxylation is 2. The summed E-state index contributed by atoms with van der Waals surface area (Å²) in [4.78, 5) is 2.34. The van der Waals surface area contributed by atoms with Gasteiger partial charge in [0.25, 0.3) is 0 Å². The van der Waals surface area contributed by atoms with E-state index < -0.39 is 9.84 Å². The molecule has 0 N–H and O–H groups in total. The van der Waals surface area contributed by atoms with Crippen LogP contribution in [0.1, 0.15) is 17.7 Å². The van der Waals surface area contributed by atoms with Crippen LogP contribution in [0.2, 0.25) is 0 Å². The number of hydrogen-bond acceptors (Lipinski definition) is 5. The number of para-hydroxylation sites is 2. The van der Waals surface area contributed by atoms with E-state index in [2.05, 4.69) is 6.07 Å². The quantitative estimate of drug-likeness (QED) is 0.495. The highest BCUT2D eigenvalue weighted by Crippen LogP contribution is 2.52. The summed E-state index contributed by atoms with van der Waals surface area (Å²) in [6.07, 6.45) is 1.92. The molecule has 5 rings (SSSR count). The minimum absolute atomic E-state index is 0.196. The SMILES string of the molecule is Cc1cc2c(o1)N(c1cccc3c1OCCC3)c1ccccc1S2(=O)=O. The van der Waals surface area contributed by atoms with E-state index in [1.807, 2.05) is 23.1 Å². The number of ether oxygens (including phenoxy) is 1. The number of benzene rings is 2. The smallest absolute Gasteiger partial charge is 0.224 e. The van der Waals surface area contributed by atoms with Gasteiger partial charge in [0.05, 0.1) is 22.9 Å². The van der Waals surface area contributed by atoms with Gasteiger partial charge in [0.1, 0.15) is 16.4 Å². The molecular formula is C20H17NO4S. The normalized spacial score (nSPS) is 17.0. The second-order valence-electron chi connectivity index (χ2n) is 6.55. The van der Waals surface area contributed by atoms with Gasteiger partial charge in [-0.2, -0.15) is 0 Å². The predicted molar refractivity (Wildman–Crippen MR) is 97.4 cm³/mol. The molecule has 0 spiro atoms. The Balaban J connectivity index is 1.84. The van der Waals surface area contributed by atoms with Gasteiger partial charge in [-0.15, -0.1) is 0 Å². The van der Waals surface area contributed by atoms with Crippen molar-refractivity contribution in [2.24, 2.45) is 0 Å². The molecule has 0 unspecified atom stereocenters. The zero-order chi connectivity index (χ0) is 17.9. The molecule has 0 atom stereocenters. The first-order valence-corrected chi connectivity index (χ1v) is 10.0. The highest BCUT2D eigenvalue weighted by atomic mass is 32.2. The Bertz CT molecular complexity index is 1130. The van der Waals surface area contributed by atoms with Crippen LogP contribution in [-0.4, -0.2) is 15.0 Å². The maximum atomic E-state index is 13.1. The number of rotatable bonds is 1. The van der Waals surface area contributed by atoms with E-state index in [1.165, 1.54) is 0 Å². The molecule has 0 bridgehead atoms. The molecule has 0 radical (unpaired) electrons. The van der Waals surface area contributed by atoms with Gasteiger partial charge in [-0.3, -0.25) is 4.90 Å². The van der Waals surface area contributed by atoms with Crippen LogP contribution in [0.4, 0.5) is 17.3 Å². The number of sulfone groups is 1. The van der Waals surface area contributed by atoms with E-state index in [9.17, 15) is 8.42 Å². The van der Waals surface area contributed by atoms with Crippen molar-refractivity contribution in [3.8, 4) is 5.75 Å². The lowest BCUT2D eigenvalue weighted by Gasteiger charge is -2.32. The van der Waals surface area contributed by atoms with Gasteiger partial charge in [0, 0.05) is 6.07 Å². The van der Waals surface area contributed by atoms with Gasteiger partial charge in [-0.25, -0.2) is 8.42 Å². The number of fused-ring (bicyclic) bond motifs is 3. The van der Waals surface area contributed by atoms with Crippen LogP contribution in [0.3, 0.4) is 0 Å². The summed E-state index contributed by atoms with van der Waals surface area (Å²) in [6.45, 7) is 2.41. The summed E-state index contributed by atoms with van der Waals surface area (Å²) in [5.41, 5.74) is 2.52. The van der Waals surface area contributed by atoms with Crippen LogP contribution in [-0.2, 0) is 16.3 Å². The number of hydrogen-bond donors (Lipinski definition) is 0. The average molecular weight is 367 g/mol. The van der Waals surface area contributed by atoms with Gasteiger partial charge < -0.3 is 9.15 Å². The lowest BCUT2D eigenvalue weighted by molar-refractivity contribution is 0.289. The van der Waals surface area contributed by atoms with Crippen LogP contribution in [0, 0.1) is 6.92 Å². The first kappa shape index (κ1) is 15.5. The molecule has 3 heterocycles. The van der Waals surface area contributed by atoms with Crippen molar-refractivity contribution in [1.82, 2.24) is 0 Å². The van der Waals surface area contributed by atoms with Crippen molar-refractivity contribution >= 4 is 27.1 Å². The van der Waals surface area contributed by atoms with E-state index in [0.29, 0.717) is 23.9 Å². The van der Waals surface area contributed by atoms with E-state index in [-0.39, 0.29) is 9.79 Å². The standard InChI is InChI=1S/C20H17NO4S/c1-13-12-18-20(25-13)21(15-8-2-3-10-17(15)26(18,22)23)16-9-4-6-14-7-5-11-24-19(14)16/h2-4,6,8-10,12H,5,7,11H2,1H3. The van der Waals surface area contributed by atoms with Gasteiger partial charge in [0.15, 0.2) is 0 Å². The summed E-state index contributed by atoms with van der Waals surface area (Å²) in [5, 5.41) is 0. The van der Waals surface area contributed by atoms with Crippen molar-refractivity contribution < 1.29 is 17.6 Å². The third kappa shape index (κ3) is 2.05. The Morgan fingerprint density at radius 3 is 2.69 bits per heavy atom. The monoisotopic (exact) mass is 367 g/mol. The lowest BCUT2D eigenvalue weighted by atomic mass is 10.0. The number of anilines is 3. The molecule has 0 saturated carbocycles. The second kappa shape index (κ2) is 5.38. The fourth-order valence-electron chi connectivity index (χ4n) is 3.71. The molecule has 0 saturated heterocycles. The van der Waals surface area contributed by atoms with Crippen molar-refractivity contribution in [3.63, 3.8) is 0 Å². The van der Waals surface area contributed by atoms with Crippen molar-refractivity contribution in [3.05, 3.63) is 59.9 Å². The van der Waals surface area contributed by atoms with Crippen molar-refractivity contribution in [2.75, 3.05) is 11.5 Å². The zero-order valence-corrected chi connectivity index (χ0v) is 15.0. The first-order chi connectivity index (χ1) is 12.6. The van der Waals surface area contributed by atoms with Crippen LogP contribution < -0.4 is 9.64 Å². The maximum Gasteiger partial charge on any atom is 0.224 e. The largest absolute Gasteiger partial charge is 0.491 e. The molecule has 2 aliphatic rings. The lowest BCUT2D eigenvalue weighted by Crippen LogP contribution is -2.22. The van der Waals surface area contributed by atoms with Crippen molar-refractivity contribution in [1.29, 1.82) is 0 Å². The van der Waals surface area contributed by atoms with E-state index in [0.717, 1.165) is 29.8 Å².